The fraction of sp³-hybridized carbons (Fsp3) is 0.0500. The highest BCUT2D eigenvalue weighted by atomic mass is 32.2. The second kappa shape index (κ2) is 6.68. The number of hydrogen-bond acceptors (Lipinski definition) is 5. The van der Waals surface area contributed by atoms with Crippen LogP contribution < -0.4 is 5.56 Å². The molecule has 27 heavy (non-hydrogen) atoms. The van der Waals surface area contributed by atoms with E-state index in [1.807, 2.05) is 60.0 Å². The molecule has 5 nitrogen and oxygen atoms in total. The number of thioether (sulfide) groups is 1. The zero-order valence-corrected chi connectivity index (χ0v) is 15.7. The van der Waals surface area contributed by atoms with Crippen molar-refractivity contribution in [2.75, 3.05) is 0 Å². The number of rotatable bonds is 4. The normalized spacial score (nSPS) is 11.4. The molecule has 7 heteroatoms. The molecule has 0 amide bonds. The van der Waals surface area contributed by atoms with Crippen molar-refractivity contribution in [1.29, 1.82) is 0 Å². The van der Waals surface area contributed by atoms with Crippen molar-refractivity contribution in [3.8, 4) is 11.1 Å². The number of fused-ring (bicyclic) bond motifs is 2. The predicted octanol–water partition coefficient (Wildman–Crippen LogP) is 4.82. The van der Waals surface area contributed by atoms with Crippen molar-refractivity contribution in [1.82, 2.24) is 19.9 Å². The largest absolute Gasteiger partial charge is 0.333 e. The van der Waals surface area contributed by atoms with E-state index in [0.717, 1.165) is 32.1 Å². The number of hydrogen-bond donors (Lipinski definition) is 2. The smallest absolute Gasteiger partial charge is 0.260 e. The minimum absolute atomic E-state index is 0.0969. The highest BCUT2D eigenvalue weighted by Crippen LogP contribution is 2.31. The third-order valence-corrected chi connectivity index (χ3v) is 6.05. The van der Waals surface area contributed by atoms with Crippen LogP contribution in [-0.2, 0) is 5.75 Å². The van der Waals surface area contributed by atoms with Crippen LogP contribution in [0.1, 0.15) is 5.82 Å². The summed E-state index contributed by atoms with van der Waals surface area (Å²) in [5.41, 5.74) is 3.80. The van der Waals surface area contributed by atoms with Gasteiger partial charge in [0.15, 0.2) is 5.16 Å². The van der Waals surface area contributed by atoms with Gasteiger partial charge in [0.05, 0.1) is 22.2 Å². The number of H-pyrrole nitrogens is 2. The van der Waals surface area contributed by atoms with Crippen molar-refractivity contribution < 1.29 is 0 Å². The maximum Gasteiger partial charge on any atom is 0.260 e. The monoisotopic (exact) mass is 390 g/mol. The molecule has 0 unspecified atom stereocenters. The Labute approximate surface area is 162 Å². The Morgan fingerprint density at radius 3 is 2.63 bits per heavy atom. The van der Waals surface area contributed by atoms with Gasteiger partial charge in [0.25, 0.3) is 5.56 Å². The lowest BCUT2D eigenvalue weighted by Crippen LogP contribution is -2.10. The molecule has 2 aromatic carbocycles. The first kappa shape index (κ1) is 16.3. The van der Waals surface area contributed by atoms with Gasteiger partial charge < -0.3 is 9.97 Å². The summed E-state index contributed by atoms with van der Waals surface area (Å²) < 4.78 is 0. The van der Waals surface area contributed by atoms with Crippen molar-refractivity contribution in [3.63, 3.8) is 0 Å². The predicted molar refractivity (Wildman–Crippen MR) is 111 cm³/mol. The Morgan fingerprint density at radius 1 is 0.963 bits per heavy atom. The van der Waals surface area contributed by atoms with Crippen LogP contribution in [0.3, 0.4) is 0 Å². The zero-order valence-electron chi connectivity index (χ0n) is 14.1. The van der Waals surface area contributed by atoms with Gasteiger partial charge in [-0.05, 0) is 17.7 Å². The molecule has 3 heterocycles. The van der Waals surface area contributed by atoms with Gasteiger partial charge in [-0.15, -0.1) is 11.3 Å². The zero-order chi connectivity index (χ0) is 18.2. The summed E-state index contributed by atoms with van der Waals surface area (Å²) in [7, 11) is 0. The molecule has 0 radical (unpaired) electrons. The van der Waals surface area contributed by atoms with E-state index in [2.05, 4.69) is 19.9 Å². The first-order chi connectivity index (χ1) is 13.3. The Hall–Kier alpha value is -2.90. The minimum Gasteiger partial charge on any atom is -0.333 e. The number of nitrogens with one attached hydrogen (secondary N) is 2. The Bertz CT molecular complexity index is 1270. The van der Waals surface area contributed by atoms with Crippen LogP contribution in [0.5, 0.6) is 0 Å². The molecule has 0 aliphatic heterocycles. The molecule has 0 bridgehead atoms. The van der Waals surface area contributed by atoms with Gasteiger partial charge in [0.1, 0.15) is 10.7 Å². The van der Waals surface area contributed by atoms with E-state index >= 15 is 0 Å². The van der Waals surface area contributed by atoms with Crippen molar-refractivity contribution in [2.24, 2.45) is 0 Å². The molecule has 0 fully saturated rings. The average Bonchev–Trinajstić information content (AvgIpc) is 3.31. The van der Waals surface area contributed by atoms with E-state index in [4.69, 9.17) is 0 Å². The van der Waals surface area contributed by atoms with Crippen LogP contribution >= 0.6 is 23.1 Å². The molecule has 5 aromatic rings. The number of aromatic amines is 2. The molecule has 5 rings (SSSR count). The van der Waals surface area contributed by atoms with E-state index in [1.165, 1.54) is 23.1 Å². The summed E-state index contributed by atoms with van der Waals surface area (Å²) in [5, 5.41) is 3.47. The lowest BCUT2D eigenvalue weighted by atomic mass is 10.1. The molecule has 2 N–H and O–H groups in total. The molecular weight excluding hydrogens is 376 g/mol. The molecule has 0 spiro atoms. The number of imidazole rings is 1. The molecule has 0 aliphatic rings. The Morgan fingerprint density at radius 2 is 1.78 bits per heavy atom. The van der Waals surface area contributed by atoms with Crippen LogP contribution in [0.2, 0.25) is 0 Å². The number of benzene rings is 2. The number of nitrogens with zero attached hydrogens (tertiary/aromatic N) is 2. The standard InChI is InChI=1S/C20H14N4OS2/c25-18-17-13(12-6-2-1-3-7-12)10-26-19(17)24-16(23-18)11-27-20-21-14-8-4-5-9-15(14)22-20/h1-10H,11H2,(H,21,22)(H,23,24,25). The number of para-hydroxylation sites is 2. The molecule has 0 saturated carbocycles. The quantitative estimate of drug-likeness (QED) is 0.432. The third kappa shape index (κ3) is 3.05. The van der Waals surface area contributed by atoms with Crippen LogP contribution in [-0.4, -0.2) is 19.9 Å². The number of aromatic nitrogens is 4. The minimum atomic E-state index is -0.0969. The van der Waals surface area contributed by atoms with Crippen LogP contribution in [0.25, 0.3) is 32.4 Å². The summed E-state index contributed by atoms with van der Waals surface area (Å²) in [4.78, 5) is 28.9. The van der Waals surface area contributed by atoms with E-state index < -0.39 is 0 Å². The lowest BCUT2D eigenvalue weighted by Gasteiger charge is -2.01. The topological polar surface area (TPSA) is 74.4 Å². The van der Waals surface area contributed by atoms with Gasteiger partial charge in [0, 0.05) is 10.9 Å². The Balaban J connectivity index is 1.45. The van der Waals surface area contributed by atoms with Crippen LogP contribution in [0, 0.1) is 0 Å². The first-order valence-electron chi connectivity index (χ1n) is 8.41. The second-order valence-corrected chi connectivity index (χ2v) is 7.88. The number of thiophene rings is 1. The van der Waals surface area contributed by atoms with E-state index in [-0.39, 0.29) is 5.56 Å². The summed E-state index contributed by atoms with van der Waals surface area (Å²) in [5.74, 6) is 1.20. The van der Waals surface area contributed by atoms with Gasteiger partial charge in [0.2, 0.25) is 0 Å². The average molecular weight is 390 g/mol. The summed E-state index contributed by atoms with van der Waals surface area (Å²) in [6.45, 7) is 0. The van der Waals surface area contributed by atoms with Crippen LogP contribution in [0.4, 0.5) is 0 Å². The van der Waals surface area contributed by atoms with Gasteiger partial charge in [-0.25, -0.2) is 9.97 Å². The van der Waals surface area contributed by atoms with E-state index in [1.54, 1.807) is 0 Å². The van der Waals surface area contributed by atoms with Gasteiger partial charge in [-0.3, -0.25) is 4.79 Å². The fourth-order valence-electron chi connectivity index (χ4n) is 3.03. The fourth-order valence-corrected chi connectivity index (χ4v) is 4.75. The van der Waals surface area contributed by atoms with Gasteiger partial charge in [-0.2, -0.15) is 0 Å². The molecule has 0 atom stereocenters. The van der Waals surface area contributed by atoms with E-state index in [9.17, 15) is 4.79 Å². The van der Waals surface area contributed by atoms with Crippen LogP contribution in [0.15, 0.2) is 69.9 Å². The third-order valence-electron chi connectivity index (χ3n) is 4.29. The molecule has 3 aromatic heterocycles. The summed E-state index contributed by atoms with van der Waals surface area (Å²) in [6, 6.07) is 17.8. The molecule has 132 valence electrons. The SMILES string of the molecule is O=c1[nH]c(CSc2nc3ccccc3[nH]2)nc2scc(-c3ccccc3)c12. The lowest BCUT2D eigenvalue weighted by molar-refractivity contribution is 1.03. The molecule has 0 saturated heterocycles. The van der Waals surface area contributed by atoms with Crippen molar-refractivity contribution in [3.05, 3.63) is 76.2 Å². The highest BCUT2D eigenvalue weighted by Gasteiger charge is 2.13. The first-order valence-corrected chi connectivity index (χ1v) is 10.3. The Kier molecular flexibility index (Phi) is 4.03. The maximum atomic E-state index is 12.7. The van der Waals surface area contributed by atoms with Crippen molar-refractivity contribution in [2.45, 2.75) is 10.9 Å². The van der Waals surface area contributed by atoms with Crippen molar-refractivity contribution >= 4 is 44.3 Å². The maximum absolute atomic E-state index is 12.7. The van der Waals surface area contributed by atoms with Gasteiger partial charge >= 0.3 is 0 Å². The highest BCUT2D eigenvalue weighted by molar-refractivity contribution is 7.98. The van der Waals surface area contributed by atoms with Gasteiger partial charge in [-0.1, -0.05) is 54.2 Å². The summed E-state index contributed by atoms with van der Waals surface area (Å²) in [6.07, 6.45) is 0. The second-order valence-electron chi connectivity index (χ2n) is 6.06. The molecule has 0 aliphatic carbocycles. The molecular formula is C20H14N4OS2. The van der Waals surface area contributed by atoms with E-state index in [0.29, 0.717) is 17.0 Å². The summed E-state index contributed by atoms with van der Waals surface area (Å²) >= 11 is 3.02.